The average Bonchev–Trinajstić information content (AvgIpc) is 2.84. The van der Waals surface area contributed by atoms with Crippen molar-refractivity contribution in [3.63, 3.8) is 0 Å². The molecule has 8 heteroatoms. The Balaban J connectivity index is 1.44. The van der Waals surface area contributed by atoms with Crippen LogP contribution in [0.1, 0.15) is 40.0 Å². The average molecular weight is 422 g/mol. The van der Waals surface area contributed by atoms with Crippen LogP contribution < -0.4 is 4.90 Å². The van der Waals surface area contributed by atoms with Gasteiger partial charge in [-0.1, -0.05) is 18.2 Å². The van der Waals surface area contributed by atoms with Crippen molar-refractivity contribution in [2.45, 2.75) is 19.3 Å². The summed E-state index contributed by atoms with van der Waals surface area (Å²) in [5.41, 5.74) is 1.51. The van der Waals surface area contributed by atoms with Crippen LogP contribution in [0.5, 0.6) is 0 Å². The fraction of sp³-hybridized carbons (Fsp3) is 0.391. The molecule has 31 heavy (non-hydrogen) atoms. The summed E-state index contributed by atoms with van der Waals surface area (Å²) in [6.07, 6.45) is 3.17. The zero-order valence-electron chi connectivity index (χ0n) is 17.4. The number of carbonyl (C=O) groups excluding carboxylic acids is 2. The molecule has 0 saturated carbocycles. The number of hydrogen-bond donors (Lipinski definition) is 0. The van der Waals surface area contributed by atoms with Crippen LogP contribution in [-0.4, -0.2) is 65.8 Å². The smallest absolute Gasteiger partial charge is 0.293 e. The lowest BCUT2D eigenvalue weighted by Gasteiger charge is -2.35. The van der Waals surface area contributed by atoms with Crippen molar-refractivity contribution in [2.75, 3.05) is 44.2 Å². The van der Waals surface area contributed by atoms with Gasteiger partial charge in [-0.15, -0.1) is 0 Å². The fourth-order valence-corrected chi connectivity index (χ4v) is 4.26. The van der Waals surface area contributed by atoms with Gasteiger partial charge in [-0.05, 0) is 43.5 Å². The number of benzene rings is 2. The first-order valence-electron chi connectivity index (χ1n) is 10.7. The molecule has 0 spiro atoms. The molecule has 2 aromatic rings. The van der Waals surface area contributed by atoms with Crippen LogP contribution in [0, 0.1) is 10.1 Å². The first-order chi connectivity index (χ1) is 15.0. The second-order valence-electron chi connectivity index (χ2n) is 7.96. The summed E-state index contributed by atoms with van der Waals surface area (Å²) in [5.74, 6) is -0.283. The largest absolute Gasteiger partial charge is 0.366 e. The Kier molecular flexibility index (Phi) is 6.16. The molecule has 0 N–H and O–H groups in total. The Bertz CT molecular complexity index is 965. The van der Waals surface area contributed by atoms with Crippen LogP contribution in [0.2, 0.25) is 0 Å². The summed E-state index contributed by atoms with van der Waals surface area (Å²) in [5, 5.41) is 11.7. The zero-order valence-corrected chi connectivity index (χ0v) is 17.4. The first kappa shape index (κ1) is 20.8. The SMILES string of the molecule is O=C(c1ccccc1)N1CCN(C(=O)c2ccc(N3CCCCC3)c([N+](=O)[O-])c2)CC1. The summed E-state index contributed by atoms with van der Waals surface area (Å²) >= 11 is 0. The predicted molar refractivity (Wildman–Crippen MR) is 117 cm³/mol. The van der Waals surface area contributed by atoms with Gasteiger partial charge < -0.3 is 14.7 Å². The number of piperidine rings is 1. The molecule has 0 atom stereocenters. The van der Waals surface area contributed by atoms with E-state index in [1.54, 1.807) is 34.1 Å². The van der Waals surface area contributed by atoms with Crippen molar-refractivity contribution in [1.82, 2.24) is 9.80 Å². The Hall–Kier alpha value is -3.42. The molecule has 0 aliphatic carbocycles. The van der Waals surface area contributed by atoms with E-state index >= 15 is 0 Å². The minimum absolute atomic E-state index is 0.0226. The third kappa shape index (κ3) is 4.52. The predicted octanol–water partition coefficient (Wildman–Crippen LogP) is 3.18. The van der Waals surface area contributed by atoms with E-state index in [9.17, 15) is 19.7 Å². The molecule has 162 valence electrons. The lowest BCUT2D eigenvalue weighted by atomic mass is 10.1. The van der Waals surface area contributed by atoms with Crippen LogP contribution in [-0.2, 0) is 0 Å². The second kappa shape index (κ2) is 9.16. The van der Waals surface area contributed by atoms with Crippen molar-refractivity contribution >= 4 is 23.2 Å². The van der Waals surface area contributed by atoms with Gasteiger partial charge in [-0.3, -0.25) is 19.7 Å². The third-order valence-electron chi connectivity index (χ3n) is 5.99. The Morgan fingerprint density at radius 3 is 1.90 bits per heavy atom. The standard InChI is InChI=1S/C23H26N4O4/c28-22(18-7-3-1-4-8-18)25-13-15-26(16-14-25)23(29)19-9-10-20(21(17-19)27(30)31)24-11-5-2-6-12-24/h1,3-4,7-10,17H,2,5-6,11-16H2. The number of hydrogen-bond acceptors (Lipinski definition) is 5. The minimum atomic E-state index is -0.406. The van der Waals surface area contributed by atoms with E-state index in [-0.39, 0.29) is 17.5 Å². The number of rotatable bonds is 4. The fourth-order valence-electron chi connectivity index (χ4n) is 4.26. The number of nitro groups is 1. The molecule has 2 heterocycles. The number of nitro benzene ring substituents is 1. The van der Waals surface area contributed by atoms with Crippen molar-refractivity contribution < 1.29 is 14.5 Å². The molecular weight excluding hydrogens is 396 g/mol. The van der Waals surface area contributed by atoms with Crippen LogP contribution in [0.4, 0.5) is 11.4 Å². The maximum Gasteiger partial charge on any atom is 0.293 e. The van der Waals surface area contributed by atoms with Gasteiger partial charge in [0.05, 0.1) is 4.92 Å². The van der Waals surface area contributed by atoms with Crippen molar-refractivity contribution in [2.24, 2.45) is 0 Å². The molecule has 0 bridgehead atoms. The van der Waals surface area contributed by atoms with Crippen LogP contribution in [0.25, 0.3) is 0 Å². The van der Waals surface area contributed by atoms with Gasteiger partial charge in [-0.2, -0.15) is 0 Å². The highest BCUT2D eigenvalue weighted by Gasteiger charge is 2.28. The Labute approximate surface area is 181 Å². The summed E-state index contributed by atoms with van der Waals surface area (Å²) in [6.45, 7) is 3.27. The Morgan fingerprint density at radius 1 is 0.742 bits per heavy atom. The van der Waals surface area contributed by atoms with E-state index < -0.39 is 4.92 Å². The third-order valence-corrected chi connectivity index (χ3v) is 5.99. The van der Waals surface area contributed by atoms with Gasteiger partial charge in [0.1, 0.15) is 5.69 Å². The highest BCUT2D eigenvalue weighted by atomic mass is 16.6. The van der Waals surface area contributed by atoms with Crippen LogP contribution >= 0.6 is 0 Å². The summed E-state index contributed by atoms with van der Waals surface area (Å²) in [7, 11) is 0. The molecule has 8 nitrogen and oxygen atoms in total. The molecule has 2 fully saturated rings. The van der Waals surface area contributed by atoms with Crippen molar-refractivity contribution in [3.05, 3.63) is 69.8 Å². The van der Waals surface area contributed by atoms with E-state index in [0.29, 0.717) is 43.0 Å². The highest BCUT2D eigenvalue weighted by Crippen LogP contribution is 2.31. The van der Waals surface area contributed by atoms with Crippen molar-refractivity contribution in [1.29, 1.82) is 0 Å². The molecule has 0 aromatic heterocycles. The molecule has 0 radical (unpaired) electrons. The topological polar surface area (TPSA) is 87.0 Å². The highest BCUT2D eigenvalue weighted by molar-refractivity contribution is 5.97. The summed E-state index contributed by atoms with van der Waals surface area (Å²) in [4.78, 5) is 42.3. The van der Waals surface area contributed by atoms with E-state index in [4.69, 9.17) is 0 Å². The second-order valence-corrected chi connectivity index (χ2v) is 7.96. The number of carbonyl (C=O) groups is 2. The lowest BCUT2D eigenvalue weighted by Crippen LogP contribution is -2.50. The molecule has 2 aliphatic heterocycles. The number of amides is 2. The molecule has 0 unspecified atom stereocenters. The maximum absolute atomic E-state index is 13.0. The zero-order chi connectivity index (χ0) is 21.8. The number of piperazine rings is 1. The first-order valence-corrected chi connectivity index (χ1v) is 10.7. The van der Waals surface area contributed by atoms with E-state index in [1.165, 1.54) is 6.07 Å². The molecule has 2 amide bonds. The molecule has 2 aliphatic rings. The minimum Gasteiger partial charge on any atom is -0.366 e. The van der Waals surface area contributed by atoms with E-state index in [2.05, 4.69) is 0 Å². The van der Waals surface area contributed by atoms with Crippen LogP contribution in [0.3, 0.4) is 0 Å². The van der Waals surface area contributed by atoms with Gasteiger partial charge in [0.15, 0.2) is 0 Å². The number of nitrogens with zero attached hydrogens (tertiary/aromatic N) is 4. The summed E-state index contributed by atoms with van der Waals surface area (Å²) in [6, 6.07) is 13.9. The van der Waals surface area contributed by atoms with Gasteiger partial charge in [0, 0.05) is 56.5 Å². The lowest BCUT2D eigenvalue weighted by molar-refractivity contribution is -0.384. The van der Waals surface area contributed by atoms with Gasteiger partial charge >= 0.3 is 0 Å². The maximum atomic E-state index is 13.0. The van der Waals surface area contributed by atoms with Gasteiger partial charge in [0.2, 0.25) is 0 Å². The quantitative estimate of drug-likeness (QED) is 0.558. The molecule has 4 rings (SSSR count). The number of anilines is 1. The van der Waals surface area contributed by atoms with E-state index in [0.717, 1.165) is 32.4 Å². The monoisotopic (exact) mass is 422 g/mol. The van der Waals surface area contributed by atoms with Gasteiger partial charge in [0.25, 0.3) is 17.5 Å². The van der Waals surface area contributed by atoms with Crippen LogP contribution in [0.15, 0.2) is 48.5 Å². The van der Waals surface area contributed by atoms with Crippen molar-refractivity contribution in [3.8, 4) is 0 Å². The molecule has 2 aromatic carbocycles. The normalized spacial score (nSPS) is 16.8. The summed E-state index contributed by atoms with van der Waals surface area (Å²) < 4.78 is 0. The molecular formula is C23H26N4O4. The van der Waals surface area contributed by atoms with Gasteiger partial charge in [-0.25, -0.2) is 0 Å². The van der Waals surface area contributed by atoms with E-state index in [1.807, 2.05) is 23.1 Å². The molecule has 2 saturated heterocycles. The Morgan fingerprint density at radius 2 is 1.32 bits per heavy atom.